The maximum Gasteiger partial charge on any atom is 0.253 e. The second kappa shape index (κ2) is 10.3. The Morgan fingerprint density at radius 3 is 2.62 bits per heavy atom. The van der Waals surface area contributed by atoms with E-state index < -0.39 is 0 Å². The number of aromatic nitrogens is 2. The Labute approximate surface area is 189 Å². The number of hydrogen-bond acceptors (Lipinski definition) is 5. The van der Waals surface area contributed by atoms with Crippen LogP contribution >= 0.6 is 0 Å². The molecule has 1 saturated heterocycles. The highest BCUT2D eigenvalue weighted by molar-refractivity contribution is 6.06. The molecule has 1 unspecified atom stereocenters. The molecule has 170 valence electrons. The van der Waals surface area contributed by atoms with Gasteiger partial charge in [-0.3, -0.25) is 9.69 Å². The third-order valence-corrected chi connectivity index (χ3v) is 6.09. The lowest BCUT2D eigenvalue weighted by Gasteiger charge is -2.23. The molecule has 1 aromatic heterocycles. The summed E-state index contributed by atoms with van der Waals surface area (Å²) in [7, 11) is 5.03. The van der Waals surface area contributed by atoms with Gasteiger partial charge in [-0.25, -0.2) is 4.98 Å². The summed E-state index contributed by atoms with van der Waals surface area (Å²) in [4.78, 5) is 19.7. The molecular weight excluding hydrogens is 404 g/mol. The minimum Gasteiger partial charge on any atom is -0.388 e. The van der Waals surface area contributed by atoms with Crippen molar-refractivity contribution < 1.29 is 14.3 Å². The Kier molecular flexibility index (Phi) is 7.19. The van der Waals surface area contributed by atoms with Crippen molar-refractivity contribution in [3.63, 3.8) is 0 Å². The molecule has 0 bridgehead atoms. The lowest BCUT2D eigenvalue weighted by atomic mass is 10.1. The van der Waals surface area contributed by atoms with Crippen molar-refractivity contribution in [2.45, 2.75) is 32.0 Å². The van der Waals surface area contributed by atoms with E-state index in [2.05, 4.69) is 43.8 Å². The van der Waals surface area contributed by atoms with Crippen LogP contribution in [0.5, 0.6) is 0 Å². The van der Waals surface area contributed by atoms with Gasteiger partial charge < -0.3 is 19.4 Å². The molecule has 1 fully saturated rings. The molecule has 0 saturated carbocycles. The fourth-order valence-electron chi connectivity index (χ4n) is 4.66. The van der Waals surface area contributed by atoms with E-state index in [0.29, 0.717) is 18.2 Å². The Balaban J connectivity index is 0.000000775. The number of carbonyl (C=O) groups excluding carboxylic acids is 1. The smallest absolute Gasteiger partial charge is 0.253 e. The van der Waals surface area contributed by atoms with Gasteiger partial charge in [-0.1, -0.05) is 30.3 Å². The number of methoxy groups -OCH3 is 2. The maximum absolute atomic E-state index is 12.4. The van der Waals surface area contributed by atoms with Crippen LogP contribution in [0.25, 0.3) is 22.4 Å². The van der Waals surface area contributed by atoms with E-state index in [1.165, 1.54) is 18.4 Å². The Hall–Kier alpha value is -2.74. The quantitative estimate of drug-likeness (QED) is 0.665. The molecule has 7 nitrogen and oxygen atoms in total. The molecule has 2 aliphatic heterocycles. The van der Waals surface area contributed by atoms with Gasteiger partial charge in [0.25, 0.3) is 5.91 Å². The van der Waals surface area contributed by atoms with Crippen LogP contribution in [0.1, 0.15) is 28.8 Å². The van der Waals surface area contributed by atoms with E-state index in [9.17, 15) is 4.79 Å². The summed E-state index contributed by atoms with van der Waals surface area (Å²) in [5, 5.41) is 2.98. The monoisotopic (exact) mass is 436 g/mol. The highest BCUT2D eigenvalue weighted by atomic mass is 16.5. The molecular formula is C25H32N4O3. The zero-order valence-electron chi connectivity index (χ0n) is 19.1. The maximum atomic E-state index is 12.4. The summed E-state index contributed by atoms with van der Waals surface area (Å²) in [5.74, 6) is 0.904. The number of nitrogens with one attached hydrogen (secondary N) is 1. The van der Waals surface area contributed by atoms with Crippen LogP contribution in [0.15, 0.2) is 42.5 Å². The molecule has 1 amide bonds. The summed E-state index contributed by atoms with van der Waals surface area (Å²) in [6.07, 6.45) is 2.45. The number of carbonyl (C=O) groups is 1. The lowest BCUT2D eigenvalue weighted by Crippen LogP contribution is -2.32. The van der Waals surface area contributed by atoms with Crippen molar-refractivity contribution in [3.8, 4) is 11.4 Å². The first-order valence-corrected chi connectivity index (χ1v) is 11.2. The molecule has 0 radical (unpaired) electrons. The predicted octanol–water partition coefficient (Wildman–Crippen LogP) is 3.32. The first kappa shape index (κ1) is 22.5. The number of rotatable bonds is 5. The fraction of sp³-hybridized carbons (Fsp3) is 0.440. The third-order valence-electron chi connectivity index (χ3n) is 6.09. The van der Waals surface area contributed by atoms with Crippen molar-refractivity contribution in [1.29, 1.82) is 0 Å². The molecule has 5 rings (SSSR count). The number of likely N-dealkylation sites (tertiary alicyclic amines) is 1. The van der Waals surface area contributed by atoms with Crippen molar-refractivity contribution in [1.82, 2.24) is 19.8 Å². The van der Waals surface area contributed by atoms with Gasteiger partial charge in [0.2, 0.25) is 0 Å². The van der Waals surface area contributed by atoms with E-state index in [0.717, 1.165) is 48.7 Å². The molecule has 32 heavy (non-hydrogen) atoms. The predicted molar refractivity (Wildman–Crippen MR) is 126 cm³/mol. The first-order chi connectivity index (χ1) is 15.7. The Bertz CT molecular complexity index is 1060. The van der Waals surface area contributed by atoms with E-state index in [1.54, 1.807) is 21.3 Å². The fourth-order valence-corrected chi connectivity index (χ4v) is 4.66. The van der Waals surface area contributed by atoms with E-state index >= 15 is 0 Å². The first-order valence-electron chi connectivity index (χ1n) is 11.2. The Morgan fingerprint density at radius 2 is 1.88 bits per heavy atom. The summed E-state index contributed by atoms with van der Waals surface area (Å²) < 4.78 is 11.8. The van der Waals surface area contributed by atoms with E-state index in [1.807, 2.05) is 18.2 Å². The van der Waals surface area contributed by atoms with Gasteiger partial charge in [0, 0.05) is 52.6 Å². The largest absolute Gasteiger partial charge is 0.388 e. The SMILES string of the molecule is COC.COCC1CCCN1Cc1ccc(-c2nc3cccc4c3n2CCNC4=O)cc1. The van der Waals surface area contributed by atoms with Gasteiger partial charge in [0.1, 0.15) is 5.82 Å². The van der Waals surface area contributed by atoms with Gasteiger partial charge in [-0.2, -0.15) is 0 Å². The van der Waals surface area contributed by atoms with Crippen molar-refractivity contribution in [3.05, 3.63) is 53.6 Å². The number of para-hydroxylation sites is 1. The molecule has 7 heteroatoms. The third kappa shape index (κ3) is 4.55. The normalized spacial score (nSPS) is 18.2. The van der Waals surface area contributed by atoms with Crippen LogP contribution in [0.2, 0.25) is 0 Å². The molecule has 2 aromatic carbocycles. The second-order valence-electron chi connectivity index (χ2n) is 8.34. The van der Waals surface area contributed by atoms with Crippen LogP contribution < -0.4 is 5.32 Å². The van der Waals surface area contributed by atoms with Crippen LogP contribution in [0.3, 0.4) is 0 Å². The molecule has 1 N–H and O–H groups in total. The number of imidazole rings is 1. The summed E-state index contributed by atoms with van der Waals surface area (Å²) in [6.45, 7) is 4.22. The number of nitrogens with zero attached hydrogens (tertiary/aromatic N) is 3. The summed E-state index contributed by atoms with van der Waals surface area (Å²) in [5.41, 5.74) is 4.90. The number of benzene rings is 2. The van der Waals surface area contributed by atoms with Gasteiger partial charge in [-0.15, -0.1) is 0 Å². The van der Waals surface area contributed by atoms with Crippen LogP contribution in [0.4, 0.5) is 0 Å². The van der Waals surface area contributed by atoms with Crippen LogP contribution in [-0.2, 0) is 22.6 Å². The standard InChI is InChI=1S/C23H26N4O2.C2H6O/c1-29-15-18-4-3-12-26(18)14-16-7-9-17(10-8-16)22-25-20-6-2-5-19-21(20)27(22)13-11-24-23(19)28;1-3-2/h2,5-10,18H,3-4,11-15H2,1H3,(H,24,28);1-2H3. The van der Waals surface area contributed by atoms with Crippen LogP contribution in [0, 0.1) is 0 Å². The van der Waals surface area contributed by atoms with Crippen molar-refractivity contribution in [2.24, 2.45) is 0 Å². The average molecular weight is 437 g/mol. The molecule has 1 atom stereocenters. The number of amides is 1. The zero-order chi connectivity index (χ0) is 22.5. The van der Waals surface area contributed by atoms with Crippen molar-refractivity contribution >= 4 is 16.9 Å². The number of ether oxygens (including phenoxy) is 2. The van der Waals surface area contributed by atoms with E-state index in [4.69, 9.17) is 9.72 Å². The molecule has 3 heterocycles. The highest BCUT2D eigenvalue weighted by Crippen LogP contribution is 2.29. The summed E-state index contributed by atoms with van der Waals surface area (Å²) >= 11 is 0. The average Bonchev–Trinajstić information content (AvgIpc) is 3.34. The van der Waals surface area contributed by atoms with Crippen molar-refractivity contribution in [2.75, 3.05) is 41.0 Å². The van der Waals surface area contributed by atoms with Gasteiger partial charge in [-0.05, 0) is 37.1 Å². The van der Waals surface area contributed by atoms with Gasteiger partial charge in [0.15, 0.2) is 0 Å². The van der Waals surface area contributed by atoms with Gasteiger partial charge in [0.05, 0.1) is 23.2 Å². The lowest BCUT2D eigenvalue weighted by molar-refractivity contribution is 0.0956. The minimum atomic E-state index is -0.0209. The molecule has 0 aliphatic carbocycles. The van der Waals surface area contributed by atoms with E-state index in [-0.39, 0.29) is 5.91 Å². The highest BCUT2D eigenvalue weighted by Gasteiger charge is 2.25. The topological polar surface area (TPSA) is 68.6 Å². The Morgan fingerprint density at radius 1 is 1.09 bits per heavy atom. The minimum absolute atomic E-state index is 0.0209. The summed E-state index contributed by atoms with van der Waals surface area (Å²) in [6, 6.07) is 15.0. The van der Waals surface area contributed by atoms with Gasteiger partial charge >= 0.3 is 0 Å². The zero-order valence-corrected chi connectivity index (χ0v) is 19.1. The second-order valence-corrected chi connectivity index (χ2v) is 8.34. The van der Waals surface area contributed by atoms with Crippen LogP contribution in [-0.4, -0.2) is 67.4 Å². The molecule has 2 aliphatic rings. The molecule has 0 spiro atoms. The molecule has 3 aromatic rings. The number of hydrogen-bond donors (Lipinski definition) is 1.